The number of ether oxygens (including phenoxy) is 2. The van der Waals surface area contributed by atoms with E-state index in [1.165, 1.54) is 6.92 Å². The van der Waals surface area contributed by atoms with Gasteiger partial charge in [-0.3, -0.25) is 0 Å². The van der Waals surface area contributed by atoms with Gasteiger partial charge in [0.1, 0.15) is 12.7 Å². The minimum Gasteiger partial charge on any atom is -0.651 e. The molecule has 0 fully saturated rings. The van der Waals surface area contributed by atoms with Gasteiger partial charge in [0.2, 0.25) is 0 Å². The third-order valence-electron chi connectivity index (χ3n) is 1.09. The monoisotopic (exact) mass is 454 g/mol. The maximum atomic E-state index is 10.8. The van der Waals surface area contributed by atoms with Crippen LogP contribution in [0.1, 0.15) is 6.92 Å². The molecular weight excluding hydrogens is 443 g/mol. The predicted molar refractivity (Wildman–Crippen MR) is 43.4 cm³/mol. The van der Waals surface area contributed by atoms with Crippen molar-refractivity contribution >= 4 is 12.4 Å². The normalized spacial score (nSPS) is 10.7. The zero-order valence-electron chi connectivity index (χ0n) is 7.99. The molecular formula is C8H11O5Rf-. The molecule has 1 N–H and O–H groups in total. The Balaban J connectivity index is 0. The van der Waals surface area contributed by atoms with Gasteiger partial charge in [0, 0.05) is 5.57 Å². The second-order valence-corrected chi connectivity index (χ2v) is 2.43. The first-order valence-electron chi connectivity index (χ1n) is 3.57. The molecule has 0 aliphatic carbocycles. The fourth-order valence-electron chi connectivity index (χ4n) is 0.473. The molecule has 1 atom stereocenters. The molecule has 1 unspecified atom stereocenters. The Morgan fingerprint density at radius 2 is 2.14 bits per heavy atom. The molecule has 0 aromatic rings. The number of carbonyl (C=O) groups excluding carboxylic acids is 2. The summed E-state index contributed by atoms with van der Waals surface area (Å²) in [6, 6.07) is 0. The Morgan fingerprint density at radius 3 is 2.57 bits per heavy atom. The molecule has 5 nitrogen and oxygen atoms in total. The van der Waals surface area contributed by atoms with Crippen LogP contribution in [0.2, 0.25) is 0 Å². The van der Waals surface area contributed by atoms with Crippen LogP contribution in [0, 0.1) is 0 Å². The molecule has 0 spiro atoms. The molecule has 76 valence electrons. The van der Waals surface area contributed by atoms with Gasteiger partial charge < -0.3 is 19.4 Å². The average Bonchev–Trinajstić information content (AvgIpc) is 2.10. The quantitative estimate of drug-likeness (QED) is 0.335. The van der Waals surface area contributed by atoms with Crippen molar-refractivity contribution in [2.45, 2.75) is 13.0 Å². The minimum absolute atomic E-state index is 0. The second-order valence-electron chi connectivity index (χ2n) is 2.43. The molecule has 0 aromatic carbocycles. The van der Waals surface area contributed by atoms with E-state index in [0.717, 1.165) is 6.47 Å². The van der Waals surface area contributed by atoms with Gasteiger partial charge in [-0.2, -0.15) is 0 Å². The van der Waals surface area contributed by atoms with Crippen LogP contribution in [-0.2, 0) is 19.1 Å². The van der Waals surface area contributed by atoms with Crippen molar-refractivity contribution in [2.24, 2.45) is 0 Å². The number of hydrogen-bond donors (Lipinski definition) is 1. The van der Waals surface area contributed by atoms with Gasteiger partial charge in [0.05, 0.1) is 6.61 Å². The Morgan fingerprint density at radius 1 is 1.57 bits per heavy atom. The van der Waals surface area contributed by atoms with Crippen LogP contribution >= 0.6 is 0 Å². The average molecular weight is 454 g/mol. The van der Waals surface area contributed by atoms with Crippen molar-refractivity contribution in [2.75, 3.05) is 13.2 Å². The molecule has 0 aromatic heterocycles. The molecule has 0 aliphatic rings. The SMILES string of the molecule is C=C(C)C(=O)OCC(O)CO[C-]=O.[Rf]. The molecule has 0 amide bonds. The van der Waals surface area contributed by atoms with E-state index in [-0.39, 0.29) is 18.8 Å². The topological polar surface area (TPSA) is 72.8 Å². The number of hydrogen-bond acceptors (Lipinski definition) is 5. The molecule has 0 aliphatic heterocycles. The van der Waals surface area contributed by atoms with E-state index in [9.17, 15) is 9.59 Å². The standard InChI is InChI=1S/C8H11O5.Rf/c1-6(2)8(11)13-4-7(10)3-12-5-9;/h7,10H,1,3-4H2,2H3;/q-1;. The number of esters is 1. The molecule has 14 heavy (non-hydrogen) atoms. The first-order chi connectivity index (χ1) is 6.07. The van der Waals surface area contributed by atoms with Crippen molar-refractivity contribution in [3.63, 3.8) is 0 Å². The number of carbonyl (C=O) groups is 1. The summed E-state index contributed by atoms with van der Waals surface area (Å²) >= 11 is 0. The summed E-state index contributed by atoms with van der Waals surface area (Å²) in [6.45, 7) is 5.50. The summed E-state index contributed by atoms with van der Waals surface area (Å²) in [5.41, 5.74) is 0.245. The fourth-order valence-corrected chi connectivity index (χ4v) is 0.473. The Kier molecular flexibility index (Phi) is 7.39. The van der Waals surface area contributed by atoms with Crippen LogP contribution in [0.4, 0.5) is 0 Å². The van der Waals surface area contributed by atoms with Crippen molar-refractivity contribution in [1.29, 1.82) is 0 Å². The van der Waals surface area contributed by atoms with Gasteiger partial charge in [0.25, 0.3) is 0 Å². The zero-order valence-corrected chi connectivity index (χ0v) is 14.4. The Labute approximate surface area is 75.9 Å². The van der Waals surface area contributed by atoms with Gasteiger partial charge in [-0.05, 0) is 6.92 Å². The van der Waals surface area contributed by atoms with Gasteiger partial charge in [-0.25, -0.2) is 4.79 Å². The predicted octanol–water partition coefficient (Wildman–Crippen LogP) is -0.450. The van der Waals surface area contributed by atoms with Crippen LogP contribution < -0.4 is 0 Å². The summed E-state index contributed by atoms with van der Waals surface area (Å²) < 4.78 is 8.68. The summed E-state index contributed by atoms with van der Waals surface area (Å²) in [7, 11) is 0. The van der Waals surface area contributed by atoms with Crippen LogP contribution in [0.3, 0.4) is 0 Å². The molecule has 0 saturated carbocycles. The summed E-state index contributed by atoms with van der Waals surface area (Å²) in [5.74, 6) is -0.589. The maximum Gasteiger partial charge on any atom is 0.333 e. The Hall–Kier alpha value is -2.36. The van der Waals surface area contributed by atoms with E-state index >= 15 is 0 Å². The van der Waals surface area contributed by atoms with E-state index in [1.807, 2.05) is 0 Å². The smallest absolute Gasteiger partial charge is 0.333 e. The van der Waals surface area contributed by atoms with E-state index < -0.39 is 12.1 Å². The number of aliphatic hydroxyl groups excluding tert-OH is 1. The molecule has 0 heterocycles. The van der Waals surface area contributed by atoms with E-state index in [2.05, 4.69) is 16.1 Å². The minimum atomic E-state index is -1.02. The Bertz CT molecular complexity index is 204. The third-order valence-corrected chi connectivity index (χ3v) is 1.09. The second kappa shape index (κ2) is 7.30. The molecule has 0 saturated heterocycles. The van der Waals surface area contributed by atoms with Gasteiger partial charge in [0.15, 0.2) is 0 Å². The van der Waals surface area contributed by atoms with E-state index in [0.29, 0.717) is 0 Å². The van der Waals surface area contributed by atoms with Crippen LogP contribution in [0.5, 0.6) is 0 Å². The zero-order chi connectivity index (χ0) is 10.3. The van der Waals surface area contributed by atoms with Crippen LogP contribution in [-0.4, -0.2) is 36.9 Å². The van der Waals surface area contributed by atoms with Crippen molar-refractivity contribution in [3.05, 3.63) is 12.2 Å². The summed E-state index contributed by atoms with van der Waals surface area (Å²) in [4.78, 5) is 20.3. The largest absolute Gasteiger partial charge is 0.651 e. The molecule has 0 rings (SSSR count). The molecule has 0 radical (unpaired) electrons. The fraction of sp³-hybridized carbons (Fsp3) is 0.500. The van der Waals surface area contributed by atoms with Crippen LogP contribution in [0.25, 0.3) is 0 Å². The van der Waals surface area contributed by atoms with Crippen molar-refractivity contribution in [1.82, 2.24) is 0 Å². The van der Waals surface area contributed by atoms with Crippen molar-refractivity contribution < 1.29 is 24.2 Å². The number of rotatable bonds is 6. The van der Waals surface area contributed by atoms with E-state index in [4.69, 9.17) is 5.11 Å². The van der Waals surface area contributed by atoms with E-state index in [1.54, 1.807) is 0 Å². The molecule has 6 heteroatoms. The first-order valence-corrected chi connectivity index (χ1v) is 3.57. The van der Waals surface area contributed by atoms with Gasteiger partial charge in [-0.1, -0.05) is 13.1 Å². The molecule has 0 bridgehead atoms. The third kappa shape index (κ3) is 6.36. The first kappa shape index (κ1) is 14.2. The van der Waals surface area contributed by atoms with Crippen LogP contribution in [0.15, 0.2) is 12.2 Å². The van der Waals surface area contributed by atoms with Crippen molar-refractivity contribution in [3.8, 4) is 0 Å². The maximum absolute atomic E-state index is 10.8. The summed E-state index contributed by atoms with van der Waals surface area (Å²) in [5, 5.41) is 9.00. The summed E-state index contributed by atoms with van der Waals surface area (Å²) in [6.07, 6.45) is -1.02. The van der Waals surface area contributed by atoms with Gasteiger partial charge >= 0.3 is 5.97 Å². The number of aliphatic hydroxyl groups is 1. The van der Waals surface area contributed by atoms with Gasteiger partial charge in [-0.15, -0.1) is 0 Å².